The summed E-state index contributed by atoms with van der Waals surface area (Å²) in [6.45, 7) is 4.03. The molecule has 21 heavy (non-hydrogen) atoms. The zero-order chi connectivity index (χ0) is 15.4. The van der Waals surface area contributed by atoms with Crippen LogP contribution in [-0.2, 0) is 19.6 Å². The van der Waals surface area contributed by atoms with Gasteiger partial charge in [0.05, 0.1) is 11.5 Å². The highest BCUT2D eigenvalue weighted by Gasteiger charge is 2.11. The topological polar surface area (TPSA) is 49.3 Å². The highest BCUT2D eigenvalue weighted by atomic mass is 32.1. The van der Waals surface area contributed by atoms with Crippen molar-refractivity contribution in [1.29, 1.82) is 0 Å². The number of amides is 1. The maximum absolute atomic E-state index is 13.3. The second-order valence-corrected chi connectivity index (χ2v) is 6.07. The fourth-order valence-electron chi connectivity index (χ4n) is 2.11. The number of benzene rings is 1. The normalized spacial score (nSPS) is 10.7. The average Bonchev–Trinajstić information content (AvgIpc) is 2.87. The number of nitrogens with one attached hydrogen (secondary N) is 1. The SMILES string of the molecule is CCc1cc(C(=O)NCc2ccc(F)c(CO)c2)sc1C. The number of thiophene rings is 1. The van der Waals surface area contributed by atoms with E-state index in [2.05, 4.69) is 12.2 Å². The first-order valence-corrected chi connectivity index (χ1v) is 7.62. The van der Waals surface area contributed by atoms with Crippen LogP contribution in [0.15, 0.2) is 24.3 Å². The van der Waals surface area contributed by atoms with E-state index in [-0.39, 0.29) is 18.1 Å². The molecule has 1 amide bonds. The van der Waals surface area contributed by atoms with Crippen LogP contribution in [0.2, 0.25) is 0 Å². The lowest BCUT2D eigenvalue weighted by Crippen LogP contribution is -2.21. The van der Waals surface area contributed by atoms with Crippen LogP contribution >= 0.6 is 11.3 Å². The zero-order valence-corrected chi connectivity index (χ0v) is 12.9. The Morgan fingerprint density at radius 3 is 2.71 bits per heavy atom. The molecule has 1 heterocycles. The van der Waals surface area contributed by atoms with Gasteiger partial charge in [-0.1, -0.05) is 13.0 Å². The number of rotatable bonds is 5. The van der Waals surface area contributed by atoms with Crippen LogP contribution in [0.3, 0.4) is 0 Å². The maximum Gasteiger partial charge on any atom is 0.261 e. The largest absolute Gasteiger partial charge is 0.392 e. The van der Waals surface area contributed by atoms with Crippen LogP contribution in [0, 0.1) is 12.7 Å². The fourth-order valence-corrected chi connectivity index (χ4v) is 3.14. The van der Waals surface area contributed by atoms with E-state index < -0.39 is 5.82 Å². The summed E-state index contributed by atoms with van der Waals surface area (Å²) in [5.41, 5.74) is 2.19. The van der Waals surface area contributed by atoms with E-state index >= 15 is 0 Å². The Bertz CT molecular complexity index is 652. The van der Waals surface area contributed by atoms with Gasteiger partial charge >= 0.3 is 0 Å². The summed E-state index contributed by atoms with van der Waals surface area (Å²) in [5.74, 6) is -0.563. The molecule has 0 aliphatic rings. The van der Waals surface area contributed by atoms with Crippen LogP contribution in [-0.4, -0.2) is 11.0 Å². The molecule has 3 nitrogen and oxygen atoms in total. The van der Waals surface area contributed by atoms with E-state index in [9.17, 15) is 9.18 Å². The molecule has 0 spiro atoms. The van der Waals surface area contributed by atoms with Gasteiger partial charge in [0.25, 0.3) is 5.91 Å². The molecule has 0 atom stereocenters. The third-order valence-corrected chi connectivity index (χ3v) is 4.45. The van der Waals surface area contributed by atoms with Gasteiger partial charge in [0.1, 0.15) is 5.82 Å². The van der Waals surface area contributed by atoms with Crippen molar-refractivity contribution in [3.05, 3.63) is 56.5 Å². The van der Waals surface area contributed by atoms with Crippen molar-refractivity contribution in [3.63, 3.8) is 0 Å². The van der Waals surface area contributed by atoms with Crippen LogP contribution in [0.25, 0.3) is 0 Å². The predicted molar refractivity (Wildman–Crippen MR) is 81.9 cm³/mol. The molecule has 0 saturated heterocycles. The van der Waals surface area contributed by atoms with Gasteiger partial charge < -0.3 is 10.4 Å². The Morgan fingerprint density at radius 2 is 2.10 bits per heavy atom. The van der Waals surface area contributed by atoms with E-state index in [0.717, 1.165) is 16.9 Å². The molecule has 1 aromatic heterocycles. The molecule has 0 aliphatic heterocycles. The molecule has 0 saturated carbocycles. The van der Waals surface area contributed by atoms with Gasteiger partial charge in [-0.25, -0.2) is 4.39 Å². The number of aliphatic hydroxyl groups is 1. The Labute approximate surface area is 127 Å². The minimum absolute atomic E-state index is 0.127. The lowest BCUT2D eigenvalue weighted by Gasteiger charge is -2.06. The van der Waals surface area contributed by atoms with Crippen molar-refractivity contribution in [1.82, 2.24) is 5.32 Å². The summed E-state index contributed by atoms with van der Waals surface area (Å²) in [4.78, 5) is 13.9. The van der Waals surface area contributed by atoms with E-state index in [0.29, 0.717) is 11.4 Å². The average molecular weight is 307 g/mol. The van der Waals surface area contributed by atoms with Crippen LogP contribution in [0.1, 0.15) is 38.2 Å². The fraction of sp³-hybridized carbons (Fsp3) is 0.312. The first kappa shape index (κ1) is 15.7. The number of hydrogen-bond donors (Lipinski definition) is 2. The zero-order valence-electron chi connectivity index (χ0n) is 12.1. The Morgan fingerprint density at radius 1 is 1.33 bits per heavy atom. The van der Waals surface area contributed by atoms with Crippen molar-refractivity contribution >= 4 is 17.2 Å². The molecule has 1 aromatic carbocycles. The number of hydrogen-bond acceptors (Lipinski definition) is 3. The van der Waals surface area contributed by atoms with Gasteiger partial charge in [-0.3, -0.25) is 4.79 Å². The lowest BCUT2D eigenvalue weighted by atomic mass is 10.1. The second kappa shape index (κ2) is 6.83. The van der Waals surface area contributed by atoms with Crippen molar-refractivity contribution in [3.8, 4) is 0 Å². The highest BCUT2D eigenvalue weighted by Crippen LogP contribution is 2.22. The van der Waals surface area contributed by atoms with Crippen LogP contribution in [0.4, 0.5) is 4.39 Å². The minimum atomic E-state index is -0.436. The third kappa shape index (κ3) is 3.68. The van der Waals surface area contributed by atoms with Gasteiger partial charge in [-0.05, 0) is 42.7 Å². The van der Waals surface area contributed by atoms with E-state index in [1.54, 1.807) is 12.1 Å². The third-order valence-electron chi connectivity index (χ3n) is 3.36. The Balaban J connectivity index is 2.03. The minimum Gasteiger partial charge on any atom is -0.392 e. The molecule has 0 radical (unpaired) electrons. The Hall–Kier alpha value is -1.72. The second-order valence-electron chi connectivity index (χ2n) is 4.81. The molecule has 2 N–H and O–H groups in total. The first-order chi connectivity index (χ1) is 10.0. The molecule has 0 unspecified atom stereocenters. The molecule has 2 rings (SSSR count). The van der Waals surface area contributed by atoms with E-state index in [1.165, 1.54) is 23.0 Å². The van der Waals surface area contributed by atoms with Crippen LogP contribution < -0.4 is 5.32 Å². The van der Waals surface area contributed by atoms with Gasteiger partial charge in [-0.2, -0.15) is 0 Å². The lowest BCUT2D eigenvalue weighted by molar-refractivity contribution is 0.0955. The molecule has 0 fully saturated rings. The van der Waals surface area contributed by atoms with Crippen molar-refractivity contribution in [2.75, 3.05) is 0 Å². The number of carbonyl (C=O) groups is 1. The summed E-state index contributed by atoms with van der Waals surface area (Å²) < 4.78 is 13.3. The molecular weight excluding hydrogens is 289 g/mol. The molecule has 2 aromatic rings. The number of carbonyl (C=O) groups excluding carboxylic acids is 1. The first-order valence-electron chi connectivity index (χ1n) is 6.80. The summed E-state index contributed by atoms with van der Waals surface area (Å²) in [6, 6.07) is 6.38. The van der Waals surface area contributed by atoms with Gasteiger partial charge in [0, 0.05) is 17.0 Å². The quantitative estimate of drug-likeness (QED) is 0.891. The molecular formula is C16H18FNO2S. The summed E-state index contributed by atoms with van der Waals surface area (Å²) in [5, 5.41) is 11.9. The molecule has 0 bridgehead atoms. The highest BCUT2D eigenvalue weighted by molar-refractivity contribution is 7.14. The predicted octanol–water partition coefficient (Wildman–Crippen LogP) is 3.18. The smallest absolute Gasteiger partial charge is 0.261 e. The summed E-state index contributed by atoms with van der Waals surface area (Å²) >= 11 is 1.48. The van der Waals surface area contributed by atoms with Crippen LogP contribution in [0.5, 0.6) is 0 Å². The van der Waals surface area contributed by atoms with Crippen molar-refractivity contribution < 1.29 is 14.3 Å². The number of halogens is 1. The summed E-state index contributed by atoms with van der Waals surface area (Å²) in [7, 11) is 0. The molecule has 5 heteroatoms. The number of aryl methyl sites for hydroxylation is 2. The van der Waals surface area contributed by atoms with Gasteiger partial charge in [0.15, 0.2) is 0 Å². The molecule has 112 valence electrons. The Kier molecular flexibility index (Phi) is 5.09. The van der Waals surface area contributed by atoms with Gasteiger partial charge in [0.2, 0.25) is 0 Å². The standard InChI is InChI=1S/C16H18FNO2S/c1-3-12-7-15(21-10(12)2)16(20)18-8-11-4-5-14(17)13(6-11)9-19/h4-7,19H,3,8-9H2,1-2H3,(H,18,20). The number of aliphatic hydroxyl groups excluding tert-OH is 1. The summed E-state index contributed by atoms with van der Waals surface area (Å²) in [6.07, 6.45) is 0.910. The van der Waals surface area contributed by atoms with E-state index in [1.807, 2.05) is 13.0 Å². The van der Waals surface area contributed by atoms with Crippen molar-refractivity contribution in [2.45, 2.75) is 33.4 Å². The monoisotopic (exact) mass is 307 g/mol. The maximum atomic E-state index is 13.3. The van der Waals surface area contributed by atoms with Gasteiger partial charge in [-0.15, -0.1) is 11.3 Å². The molecule has 0 aliphatic carbocycles. The van der Waals surface area contributed by atoms with E-state index in [4.69, 9.17) is 5.11 Å². The van der Waals surface area contributed by atoms with Crippen molar-refractivity contribution in [2.24, 2.45) is 0 Å².